The van der Waals surface area contributed by atoms with Crippen LogP contribution in [0.3, 0.4) is 0 Å². The third-order valence-electron chi connectivity index (χ3n) is 5.44. The van der Waals surface area contributed by atoms with E-state index in [-0.39, 0.29) is 5.57 Å². The van der Waals surface area contributed by atoms with E-state index >= 15 is 0 Å². The largest absolute Gasteiger partial charge is 0.504 e. The number of nitrogens with one attached hydrogen (secondary N) is 1. The Hall–Kier alpha value is -3.28. The van der Waals surface area contributed by atoms with Gasteiger partial charge in [-0.25, -0.2) is 0 Å². The zero-order valence-corrected chi connectivity index (χ0v) is 18.0. The summed E-state index contributed by atoms with van der Waals surface area (Å²) in [4.78, 5) is 27.2. The smallest absolute Gasteiger partial charge is 0.259 e. The lowest BCUT2D eigenvalue weighted by atomic mass is 9.77. The third kappa shape index (κ3) is 3.36. The van der Waals surface area contributed by atoms with Crippen molar-refractivity contribution in [2.75, 3.05) is 17.3 Å². The highest BCUT2D eigenvalue weighted by atomic mass is 35.5. The molecule has 0 fully saturated rings. The number of carbonyl (C=O) groups excluding carboxylic acids is 2. The van der Waals surface area contributed by atoms with E-state index in [2.05, 4.69) is 5.32 Å². The van der Waals surface area contributed by atoms with Crippen molar-refractivity contribution in [1.82, 2.24) is 0 Å². The van der Waals surface area contributed by atoms with Crippen molar-refractivity contribution in [1.29, 1.82) is 0 Å². The van der Waals surface area contributed by atoms with Crippen LogP contribution in [0.25, 0.3) is 5.57 Å². The van der Waals surface area contributed by atoms with Gasteiger partial charge in [-0.05, 0) is 35.9 Å². The number of fused-ring (bicyclic) bond motifs is 1. The van der Waals surface area contributed by atoms with E-state index in [0.29, 0.717) is 38.8 Å². The van der Waals surface area contributed by atoms with Crippen molar-refractivity contribution in [3.05, 3.63) is 99.7 Å². The molecule has 3 aromatic carbocycles. The van der Waals surface area contributed by atoms with Crippen LogP contribution in [0.1, 0.15) is 11.1 Å². The van der Waals surface area contributed by atoms with Gasteiger partial charge in [-0.1, -0.05) is 65.7 Å². The predicted molar refractivity (Wildman–Crippen MR) is 124 cm³/mol. The highest BCUT2D eigenvalue weighted by Crippen LogP contribution is 2.51. The van der Waals surface area contributed by atoms with Gasteiger partial charge < -0.3 is 15.3 Å². The molecule has 0 aromatic heterocycles. The number of hydrogen-bond acceptors (Lipinski definition) is 4. The molecule has 156 valence electrons. The Bertz CT molecular complexity index is 1210. The van der Waals surface area contributed by atoms with Crippen LogP contribution in [0.4, 0.5) is 11.4 Å². The molecule has 0 radical (unpaired) electrons. The minimum Gasteiger partial charge on any atom is -0.504 e. The van der Waals surface area contributed by atoms with E-state index in [4.69, 9.17) is 23.2 Å². The molecule has 1 heterocycles. The average molecular weight is 453 g/mol. The molecule has 1 amide bonds. The van der Waals surface area contributed by atoms with E-state index in [9.17, 15) is 14.7 Å². The number of halogens is 2. The number of allylic oxidation sites excluding steroid dienone is 1. The number of rotatable bonds is 5. The number of anilines is 2. The fourth-order valence-electron chi connectivity index (χ4n) is 4.10. The monoisotopic (exact) mass is 452 g/mol. The standard InChI is InChI=1S/C24H18Cl2N2O3/c1-28(18-9-5-8-16(25)12-18)24(19-11-10-17(26)13-20(19)27-23(24)31)22(21(30)14-29)15-6-3-2-4-7-15/h2-14,30H,1H3,(H,27,31)/b22-21+. The summed E-state index contributed by atoms with van der Waals surface area (Å²) in [7, 11) is 1.72. The summed E-state index contributed by atoms with van der Waals surface area (Å²) >= 11 is 12.4. The normalized spacial score (nSPS) is 18.1. The molecule has 0 bridgehead atoms. The highest BCUT2D eigenvalue weighted by Gasteiger charge is 2.55. The predicted octanol–water partition coefficient (Wildman–Crippen LogP) is 5.45. The Kier molecular flexibility index (Phi) is 5.48. The third-order valence-corrected chi connectivity index (χ3v) is 5.91. The topological polar surface area (TPSA) is 69.6 Å². The maximum Gasteiger partial charge on any atom is 0.259 e. The number of benzene rings is 3. The van der Waals surface area contributed by atoms with Gasteiger partial charge in [-0.15, -0.1) is 0 Å². The summed E-state index contributed by atoms with van der Waals surface area (Å²) in [6.45, 7) is 0. The SMILES string of the molecule is CN(c1cccc(Cl)c1)C1(/C(=C(/O)C=O)c2ccccc2)C(=O)Nc2cc(Cl)ccc21. The van der Waals surface area contributed by atoms with Gasteiger partial charge in [0.1, 0.15) is 0 Å². The van der Waals surface area contributed by atoms with Gasteiger partial charge in [0.15, 0.2) is 17.6 Å². The number of aldehydes is 1. The summed E-state index contributed by atoms with van der Waals surface area (Å²) in [5.41, 5.74) is 0.799. The Morgan fingerprint density at radius 1 is 1.00 bits per heavy atom. The first kappa shape index (κ1) is 21.0. The Morgan fingerprint density at radius 3 is 2.39 bits per heavy atom. The van der Waals surface area contributed by atoms with Gasteiger partial charge in [0, 0.05) is 39.6 Å². The van der Waals surface area contributed by atoms with Crippen LogP contribution in [0.2, 0.25) is 10.0 Å². The van der Waals surface area contributed by atoms with Gasteiger partial charge in [0.2, 0.25) is 0 Å². The van der Waals surface area contributed by atoms with Crippen molar-refractivity contribution in [3.8, 4) is 0 Å². The number of nitrogens with zero attached hydrogens (tertiary/aromatic N) is 1. The number of hydrogen-bond donors (Lipinski definition) is 2. The molecule has 7 heteroatoms. The molecule has 5 nitrogen and oxygen atoms in total. The number of aliphatic hydroxyl groups excluding tert-OH is 1. The van der Waals surface area contributed by atoms with Crippen LogP contribution in [-0.2, 0) is 15.1 Å². The molecular weight excluding hydrogens is 435 g/mol. The summed E-state index contributed by atoms with van der Waals surface area (Å²) in [5, 5.41) is 14.6. The summed E-state index contributed by atoms with van der Waals surface area (Å²) in [6.07, 6.45) is 0.344. The fourth-order valence-corrected chi connectivity index (χ4v) is 4.46. The Morgan fingerprint density at radius 2 is 1.71 bits per heavy atom. The number of aliphatic hydroxyl groups is 1. The molecule has 0 spiro atoms. The van der Waals surface area contributed by atoms with Crippen LogP contribution in [0.15, 0.2) is 78.6 Å². The molecule has 1 atom stereocenters. The van der Waals surface area contributed by atoms with E-state index in [1.807, 2.05) is 6.07 Å². The van der Waals surface area contributed by atoms with E-state index in [1.165, 1.54) is 0 Å². The Balaban J connectivity index is 2.11. The Labute approximate surface area is 189 Å². The van der Waals surface area contributed by atoms with Crippen molar-refractivity contribution < 1.29 is 14.7 Å². The van der Waals surface area contributed by atoms with Crippen molar-refractivity contribution >= 4 is 52.3 Å². The quantitative estimate of drug-likeness (QED) is 0.307. The minimum absolute atomic E-state index is 0.157. The number of carbonyl (C=O) groups is 2. The molecule has 0 aliphatic carbocycles. The summed E-state index contributed by atoms with van der Waals surface area (Å²) in [6, 6.07) is 20.9. The lowest BCUT2D eigenvalue weighted by Gasteiger charge is -2.41. The highest BCUT2D eigenvalue weighted by molar-refractivity contribution is 6.31. The second kappa shape index (κ2) is 8.10. The van der Waals surface area contributed by atoms with Crippen molar-refractivity contribution in [3.63, 3.8) is 0 Å². The molecular formula is C24H18Cl2N2O3. The van der Waals surface area contributed by atoms with Crippen molar-refractivity contribution in [2.45, 2.75) is 5.54 Å². The maximum absolute atomic E-state index is 13.7. The van der Waals surface area contributed by atoms with Gasteiger partial charge >= 0.3 is 0 Å². The molecule has 0 saturated carbocycles. The number of amides is 1. The lowest BCUT2D eigenvalue weighted by Crippen LogP contribution is -2.51. The molecule has 0 saturated heterocycles. The lowest BCUT2D eigenvalue weighted by molar-refractivity contribution is -0.119. The minimum atomic E-state index is -1.56. The zero-order chi connectivity index (χ0) is 22.2. The molecule has 3 aromatic rings. The molecule has 1 aliphatic heterocycles. The number of likely N-dealkylation sites (N-methyl/N-ethyl adjacent to an activating group) is 1. The van der Waals surface area contributed by atoms with Crippen molar-refractivity contribution in [2.24, 2.45) is 0 Å². The van der Waals surface area contributed by atoms with Crippen LogP contribution in [0, 0.1) is 0 Å². The van der Waals surface area contributed by atoms with E-state index in [1.54, 1.807) is 78.7 Å². The summed E-state index contributed by atoms with van der Waals surface area (Å²) in [5.74, 6) is -0.975. The maximum atomic E-state index is 13.7. The fraction of sp³-hybridized carbons (Fsp3) is 0.0833. The van der Waals surface area contributed by atoms with Gasteiger partial charge in [0.05, 0.1) is 0 Å². The molecule has 2 N–H and O–H groups in total. The van der Waals surface area contributed by atoms with E-state index < -0.39 is 17.2 Å². The van der Waals surface area contributed by atoms with Crippen LogP contribution < -0.4 is 10.2 Å². The summed E-state index contributed by atoms with van der Waals surface area (Å²) < 4.78 is 0. The molecule has 31 heavy (non-hydrogen) atoms. The van der Waals surface area contributed by atoms with Crippen LogP contribution in [0.5, 0.6) is 0 Å². The van der Waals surface area contributed by atoms with Crippen LogP contribution in [-0.4, -0.2) is 24.3 Å². The van der Waals surface area contributed by atoms with Gasteiger partial charge in [-0.3, -0.25) is 9.59 Å². The average Bonchev–Trinajstić information content (AvgIpc) is 3.05. The van der Waals surface area contributed by atoms with E-state index in [0.717, 1.165) is 0 Å². The second-order valence-corrected chi connectivity index (χ2v) is 8.01. The zero-order valence-electron chi connectivity index (χ0n) is 16.5. The first-order valence-corrected chi connectivity index (χ1v) is 10.2. The second-order valence-electron chi connectivity index (χ2n) is 7.14. The van der Waals surface area contributed by atoms with Gasteiger partial charge in [-0.2, -0.15) is 0 Å². The molecule has 4 rings (SSSR count). The molecule has 1 unspecified atom stereocenters. The van der Waals surface area contributed by atoms with Crippen LogP contribution >= 0.6 is 23.2 Å². The molecule has 1 aliphatic rings. The first-order valence-electron chi connectivity index (χ1n) is 9.44. The van der Waals surface area contributed by atoms with Gasteiger partial charge in [0.25, 0.3) is 5.91 Å². The first-order chi connectivity index (χ1) is 14.9.